The predicted octanol–water partition coefficient (Wildman–Crippen LogP) is 4.38. The molecule has 1 N–H and O–H groups in total. The molecule has 1 atom stereocenters. The van der Waals surface area contributed by atoms with Crippen molar-refractivity contribution in [3.63, 3.8) is 0 Å². The van der Waals surface area contributed by atoms with Crippen LogP contribution in [-0.2, 0) is 0 Å². The summed E-state index contributed by atoms with van der Waals surface area (Å²) in [7, 11) is 0. The summed E-state index contributed by atoms with van der Waals surface area (Å²) in [6, 6.07) is 8.58. The minimum absolute atomic E-state index is 0.554. The lowest BCUT2D eigenvalue weighted by atomic mass is 10.2. The lowest BCUT2D eigenvalue weighted by Gasteiger charge is -2.16. The van der Waals surface area contributed by atoms with Crippen molar-refractivity contribution < 1.29 is 0 Å². The van der Waals surface area contributed by atoms with Crippen molar-refractivity contribution in [2.24, 2.45) is 0 Å². The molecule has 1 rings (SSSR count). The third-order valence-corrected chi connectivity index (χ3v) is 3.90. The van der Waals surface area contributed by atoms with E-state index in [0.29, 0.717) is 6.04 Å². The number of hydrogen-bond acceptors (Lipinski definition) is 2. The van der Waals surface area contributed by atoms with Crippen LogP contribution in [0.15, 0.2) is 41.8 Å². The molecule has 0 saturated heterocycles. The summed E-state index contributed by atoms with van der Waals surface area (Å²) in [4.78, 5) is 1.27. The van der Waals surface area contributed by atoms with Crippen LogP contribution in [-0.4, -0.2) is 18.3 Å². The second-order valence-corrected chi connectivity index (χ2v) is 5.42. The van der Waals surface area contributed by atoms with Crippen molar-refractivity contribution >= 4 is 23.4 Å². The van der Waals surface area contributed by atoms with Gasteiger partial charge in [-0.2, -0.15) is 0 Å². The van der Waals surface area contributed by atoms with E-state index in [-0.39, 0.29) is 0 Å². The fourth-order valence-corrected chi connectivity index (χ4v) is 2.71. The molecule has 1 aromatic carbocycles. The van der Waals surface area contributed by atoms with Crippen molar-refractivity contribution in [1.82, 2.24) is 5.32 Å². The zero-order valence-corrected chi connectivity index (χ0v) is 11.9. The van der Waals surface area contributed by atoms with Gasteiger partial charge in [0.1, 0.15) is 0 Å². The Morgan fingerprint density at radius 1 is 1.41 bits per heavy atom. The number of nitrogens with one attached hydrogen (secondary N) is 1. The van der Waals surface area contributed by atoms with Crippen molar-refractivity contribution in [1.29, 1.82) is 0 Å². The van der Waals surface area contributed by atoms with Crippen LogP contribution < -0.4 is 5.32 Å². The third kappa shape index (κ3) is 6.16. The van der Waals surface area contributed by atoms with Gasteiger partial charge in [0, 0.05) is 21.7 Å². The molecule has 17 heavy (non-hydrogen) atoms. The Labute approximate surface area is 114 Å². The van der Waals surface area contributed by atoms with E-state index in [4.69, 9.17) is 11.6 Å². The van der Waals surface area contributed by atoms with E-state index < -0.39 is 0 Å². The van der Waals surface area contributed by atoms with Crippen molar-refractivity contribution in [3.05, 3.63) is 41.9 Å². The molecule has 0 saturated carbocycles. The molecule has 1 nitrogen and oxygen atoms in total. The second kappa shape index (κ2) is 8.62. The van der Waals surface area contributed by atoms with Crippen molar-refractivity contribution in [2.45, 2.75) is 30.7 Å². The molecule has 0 aromatic heterocycles. The highest BCUT2D eigenvalue weighted by Crippen LogP contribution is 2.21. The first kappa shape index (κ1) is 14.6. The average molecular weight is 270 g/mol. The molecule has 0 fully saturated rings. The zero-order chi connectivity index (χ0) is 12.5. The van der Waals surface area contributed by atoms with Crippen LogP contribution in [0.1, 0.15) is 19.8 Å². The smallest absolute Gasteiger partial charge is 0.0406 e. The largest absolute Gasteiger partial charge is 0.313 e. The molecular formula is C14H20ClNS. The second-order valence-electron chi connectivity index (χ2n) is 3.89. The van der Waals surface area contributed by atoms with Gasteiger partial charge in [0.15, 0.2) is 0 Å². The maximum Gasteiger partial charge on any atom is 0.0406 e. The Kier molecular flexibility index (Phi) is 7.41. The predicted molar refractivity (Wildman–Crippen MR) is 79.1 cm³/mol. The number of thioether (sulfide) groups is 1. The number of halogens is 1. The Hall–Kier alpha value is -0.440. The van der Waals surface area contributed by atoms with Crippen LogP contribution in [0, 0.1) is 0 Å². The van der Waals surface area contributed by atoms with E-state index >= 15 is 0 Å². The monoisotopic (exact) mass is 269 g/mol. The fraction of sp³-hybridized carbons (Fsp3) is 0.429. The van der Waals surface area contributed by atoms with E-state index in [0.717, 1.165) is 30.2 Å². The first-order chi connectivity index (χ1) is 8.26. The molecule has 0 aliphatic carbocycles. The van der Waals surface area contributed by atoms with Gasteiger partial charge in [-0.1, -0.05) is 24.6 Å². The summed E-state index contributed by atoms with van der Waals surface area (Å²) in [6.45, 7) is 6.94. The molecule has 0 aliphatic heterocycles. The molecule has 0 amide bonds. The molecule has 0 radical (unpaired) electrons. The molecule has 0 aliphatic rings. The maximum absolute atomic E-state index is 5.86. The van der Waals surface area contributed by atoms with Gasteiger partial charge in [-0.3, -0.25) is 0 Å². The SMILES string of the molecule is C=CCCC(CSc1ccc(Cl)cc1)NCC. The highest BCUT2D eigenvalue weighted by molar-refractivity contribution is 7.99. The lowest BCUT2D eigenvalue weighted by molar-refractivity contribution is 0.542. The number of allylic oxidation sites excluding steroid dienone is 1. The maximum atomic E-state index is 5.86. The Morgan fingerprint density at radius 3 is 2.71 bits per heavy atom. The summed E-state index contributed by atoms with van der Waals surface area (Å²) < 4.78 is 0. The molecule has 0 bridgehead atoms. The van der Waals surface area contributed by atoms with Crippen LogP contribution in [0.5, 0.6) is 0 Å². The summed E-state index contributed by atoms with van der Waals surface area (Å²) in [5.74, 6) is 1.09. The van der Waals surface area contributed by atoms with Crippen LogP contribution in [0.3, 0.4) is 0 Å². The van der Waals surface area contributed by atoms with Gasteiger partial charge < -0.3 is 5.32 Å². The van der Waals surface area contributed by atoms with Gasteiger partial charge in [0.2, 0.25) is 0 Å². The van der Waals surface area contributed by atoms with Gasteiger partial charge in [-0.05, 0) is 43.7 Å². The normalized spacial score (nSPS) is 12.4. The van der Waals surface area contributed by atoms with Gasteiger partial charge in [0.05, 0.1) is 0 Å². The first-order valence-electron chi connectivity index (χ1n) is 5.99. The molecular weight excluding hydrogens is 250 g/mol. The molecule has 1 aromatic rings. The lowest BCUT2D eigenvalue weighted by Crippen LogP contribution is -2.30. The van der Waals surface area contributed by atoms with E-state index in [1.807, 2.05) is 30.0 Å². The highest BCUT2D eigenvalue weighted by atomic mass is 35.5. The minimum atomic E-state index is 0.554. The summed E-state index contributed by atoms with van der Waals surface area (Å²) in [6.07, 6.45) is 4.20. The number of hydrogen-bond donors (Lipinski definition) is 1. The minimum Gasteiger partial charge on any atom is -0.313 e. The molecule has 94 valence electrons. The summed E-state index contributed by atoms with van der Waals surface area (Å²) in [5, 5.41) is 4.30. The molecule has 0 spiro atoms. The van der Waals surface area contributed by atoms with E-state index in [9.17, 15) is 0 Å². The van der Waals surface area contributed by atoms with Gasteiger partial charge in [0.25, 0.3) is 0 Å². The first-order valence-corrected chi connectivity index (χ1v) is 7.35. The fourth-order valence-electron chi connectivity index (χ4n) is 1.58. The number of rotatable bonds is 8. The highest BCUT2D eigenvalue weighted by Gasteiger charge is 2.06. The Morgan fingerprint density at radius 2 is 2.12 bits per heavy atom. The topological polar surface area (TPSA) is 12.0 Å². The van der Waals surface area contributed by atoms with Gasteiger partial charge in [-0.15, -0.1) is 18.3 Å². The standard InChI is InChI=1S/C14H20ClNS/c1-3-5-6-13(16-4-2)11-17-14-9-7-12(15)8-10-14/h3,7-10,13,16H,1,4-6,11H2,2H3. The zero-order valence-electron chi connectivity index (χ0n) is 10.3. The van der Waals surface area contributed by atoms with Crippen LogP contribution in [0.25, 0.3) is 0 Å². The molecule has 0 heterocycles. The van der Waals surface area contributed by atoms with Crippen LogP contribution in [0.4, 0.5) is 0 Å². The van der Waals surface area contributed by atoms with E-state index in [1.165, 1.54) is 4.90 Å². The number of benzene rings is 1. The van der Waals surface area contributed by atoms with E-state index in [1.54, 1.807) is 0 Å². The molecule has 1 unspecified atom stereocenters. The van der Waals surface area contributed by atoms with Crippen LogP contribution >= 0.6 is 23.4 Å². The third-order valence-electron chi connectivity index (χ3n) is 2.48. The average Bonchev–Trinajstić information content (AvgIpc) is 2.35. The summed E-state index contributed by atoms with van der Waals surface area (Å²) >= 11 is 7.73. The van der Waals surface area contributed by atoms with Gasteiger partial charge in [-0.25, -0.2) is 0 Å². The molecule has 3 heteroatoms. The quantitative estimate of drug-likeness (QED) is 0.555. The van der Waals surface area contributed by atoms with E-state index in [2.05, 4.69) is 31.0 Å². The Bertz CT molecular complexity index is 323. The van der Waals surface area contributed by atoms with Crippen LogP contribution in [0.2, 0.25) is 5.02 Å². The van der Waals surface area contributed by atoms with Gasteiger partial charge >= 0.3 is 0 Å². The van der Waals surface area contributed by atoms with Crippen molar-refractivity contribution in [2.75, 3.05) is 12.3 Å². The Balaban J connectivity index is 2.39. The summed E-state index contributed by atoms with van der Waals surface area (Å²) in [5.41, 5.74) is 0. The van der Waals surface area contributed by atoms with Crippen molar-refractivity contribution in [3.8, 4) is 0 Å².